The Hall–Kier alpha value is -2.47. The first kappa shape index (κ1) is 18.6. The first-order chi connectivity index (χ1) is 14.3. The lowest BCUT2D eigenvalue weighted by atomic mass is 10.1. The molecule has 0 saturated carbocycles. The number of nitrogens with zero attached hydrogens (tertiary/aromatic N) is 2. The molecule has 3 aliphatic heterocycles. The van der Waals surface area contributed by atoms with Gasteiger partial charge in [0, 0.05) is 30.9 Å². The van der Waals surface area contributed by atoms with Crippen molar-refractivity contribution < 1.29 is 4.74 Å². The van der Waals surface area contributed by atoms with Crippen LogP contribution in [0.15, 0.2) is 66.5 Å². The summed E-state index contributed by atoms with van der Waals surface area (Å²) in [5, 5.41) is 8.08. The highest BCUT2D eigenvalue weighted by Gasteiger charge is 2.34. The minimum atomic E-state index is 0.198. The fourth-order valence-electron chi connectivity index (χ4n) is 4.14. The summed E-state index contributed by atoms with van der Waals surface area (Å²) in [4.78, 5) is 4.87. The summed E-state index contributed by atoms with van der Waals surface area (Å²) in [5.74, 6) is 0. The van der Waals surface area contributed by atoms with Crippen molar-refractivity contribution in [2.75, 3.05) is 39.4 Å². The molecule has 2 aromatic rings. The maximum Gasteiger partial charge on any atom is 0.121 e. The second kappa shape index (κ2) is 8.11. The van der Waals surface area contributed by atoms with E-state index in [1.807, 2.05) is 12.1 Å². The van der Waals surface area contributed by atoms with Gasteiger partial charge in [-0.15, -0.1) is 0 Å². The van der Waals surface area contributed by atoms with Gasteiger partial charge in [0.2, 0.25) is 0 Å². The normalized spacial score (nSPS) is 22.0. The molecule has 0 bridgehead atoms. The highest BCUT2D eigenvalue weighted by Crippen LogP contribution is 2.32. The van der Waals surface area contributed by atoms with Gasteiger partial charge in [-0.25, -0.2) is 0 Å². The Morgan fingerprint density at radius 3 is 2.48 bits per heavy atom. The second-order valence-electron chi connectivity index (χ2n) is 7.57. The summed E-state index contributed by atoms with van der Waals surface area (Å²) in [6.45, 7) is 5.25. The third kappa shape index (κ3) is 3.86. The average molecular weight is 409 g/mol. The van der Waals surface area contributed by atoms with Gasteiger partial charge in [0.25, 0.3) is 0 Å². The van der Waals surface area contributed by atoms with E-state index < -0.39 is 0 Å². The van der Waals surface area contributed by atoms with Crippen LogP contribution in [0.5, 0.6) is 0 Å². The van der Waals surface area contributed by atoms with Crippen LogP contribution in [0.1, 0.15) is 11.1 Å². The molecule has 3 heterocycles. The van der Waals surface area contributed by atoms with E-state index in [0.29, 0.717) is 0 Å². The smallest absolute Gasteiger partial charge is 0.121 e. The highest BCUT2D eigenvalue weighted by molar-refractivity contribution is 6.30. The Bertz CT molecular complexity index is 920. The summed E-state index contributed by atoms with van der Waals surface area (Å²) in [7, 11) is 0. The predicted molar refractivity (Wildman–Crippen MR) is 117 cm³/mol. The molecule has 1 saturated heterocycles. The number of fused-ring (bicyclic) bond motifs is 1. The number of hydrogen-bond donors (Lipinski definition) is 2. The molecule has 0 radical (unpaired) electrons. The molecule has 5 rings (SSSR count). The van der Waals surface area contributed by atoms with Crippen LogP contribution >= 0.6 is 11.6 Å². The van der Waals surface area contributed by atoms with E-state index in [2.05, 4.69) is 69.1 Å². The van der Waals surface area contributed by atoms with Gasteiger partial charge in [0.05, 0.1) is 36.8 Å². The summed E-state index contributed by atoms with van der Waals surface area (Å²) < 4.78 is 5.55. The molecule has 29 heavy (non-hydrogen) atoms. The SMILES string of the molecule is Clc1ccc(C2=C(CN3CCOCC3)N3C=C(c4ccccc4)NCC3N2)cc1. The van der Waals surface area contributed by atoms with E-state index in [0.717, 1.165) is 50.1 Å². The average Bonchev–Trinajstić information content (AvgIpc) is 3.13. The summed E-state index contributed by atoms with van der Waals surface area (Å²) in [6.07, 6.45) is 2.44. The van der Waals surface area contributed by atoms with E-state index in [4.69, 9.17) is 16.3 Å². The van der Waals surface area contributed by atoms with Crippen molar-refractivity contribution in [3.63, 3.8) is 0 Å². The largest absolute Gasteiger partial charge is 0.379 e. The van der Waals surface area contributed by atoms with Gasteiger partial charge in [-0.05, 0) is 23.3 Å². The standard InChI is InChI=1S/C23H25ClN4O/c24-19-8-6-18(7-9-19)23-21(16-27-10-12-29-13-11-27)28-15-20(25-14-22(28)26-23)17-4-2-1-3-5-17/h1-9,15,22,25-26H,10-14,16H2. The summed E-state index contributed by atoms with van der Waals surface area (Å²) >= 11 is 6.13. The molecule has 1 unspecified atom stereocenters. The van der Waals surface area contributed by atoms with E-state index in [-0.39, 0.29) is 6.17 Å². The molecule has 2 N–H and O–H groups in total. The lowest BCUT2D eigenvalue weighted by Gasteiger charge is -2.34. The Balaban J connectivity index is 1.52. The molecule has 150 valence electrons. The zero-order valence-corrected chi connectivity index (χ0v) is 17.0. The van der Waals surface area contributed by atoms with Crippen LogP contribution in [-0.4, -0.2) is 55.4 Å². The molecule has 0 aromatic heterocycles. The van der Waals surface area contributed by atoms with Crippen LogP contribution in [0, 0.1) is 0 Å². The van der Waals surface area contributed by atoms with Gasteiger partial charge >= 0.3 is 0 Å². The number of hydrogen-bond acceptors (Lipinski definition) is 5. The van der Waals surface area contributed by atoms with Crippen LogP contribution in [0.25, 0.3) is 11.4 Å². The van der Waals surface area contributed by atoms with Crippen LogP contribution < -0.4 is 10.6 Å². The van der Waals surface area contributed by atoms with Crippen molar-refractivity contribution in [1.29, 1.82) is 0 Å². The zero-order chi connectivity index (χ0) is 19.6. The summed E-state index contributed by atoms with van der Waals surface area (Å²) in [6, 6.07) is 18.6. The molecule has 0 aliphatic carbocycles. The topological polar surface area (TPSA) is 39.8 Å². The van der Waals surface area contributed by atoms with Gasteiger partial charge < -0.3 is 20.3 Å². The minimum absolute atomic E-state index is 0.198. The lowest BCUT2D eigenvalue weighted by Crippen LogP contribution is -2.47. The fraction of sp³-hybridized carbons (Fsp3) is 0.304. The van der Waals surface area contributed by atoms with Gasteiger partial charge in [-0.1, -0.05) is 54.1 Å². The number of nitrogens with one attached hydrogen (secondary N) is 2. The lowest BCUT2D eigenvalue weighted by molar-refractivity contribution is 0.0398. The maximum atomic E-state index is 6.13. The molecule has 2 aromatic carbocycles. The van der Waals surface area contributed by atoms with Gasteiger partial charge in [0.1, 0.15) is 6.17 Å². The van der Waals surface area contributed by atoms with Crippen LogP contribution in [0.4, 0.5) is 0 Å². The van der Waals surface area contributed by atoms with E-state index in [1.165, 1.54) is 22.5 Å². The van der Waals surface area contributed by atoms with Gasteiger partial charge in [-0.3, -0.25) is 4.90 Å². The van der Waals surface area contributed by atoms with Crippen molar-refractivity contribution in [3.05, 3.63) is 82.6 Å². The summed E-state index contributed by atoms with van der Waals surface area (Å²) in [5.41, 5.74) is 6.01. The molecule has 1 atom stereocenters. The molecule has 3 aliphatic rings. The van der Waals surface area contributed by atoms with Gasteiger partial charge in [-0.2, -0.15) is 0 Å². The monoisotopic (exact) mass is 408 g/mol. The minimum Gasteiger partial charge on any atom is -0.379 e. The Kier molecular flexibility index (Phi) is 5.19. The predicted octanol–water partition coefficient (Wildman–Crippen LogP) is 3.17. The van der Waals surface area contributed by atoms with E-state index in [9.17, 15) is 0 Å². The van der Waals surface area contributed by atoms with Crippen LogP contribution in [0.3, 0.4) is 0 Å². The zero-order valence-electron chi connectivity index (χ0n) is 16.3. The molecule has 5 nitrogen and oxygen atoms in total. The fourth-order valence-corrected chi connectivity index (χ4v) is 4.26. The van der Waals surface area contributed by atoms with Gasteiger partial charge in [0.15, 0.2) is 0 Å². The molecule has 0 spiro atoms. The van der Waals surface area contributed by atoms with E-state index >= 15 is 0 Å². The maximum absolute atomic E-state index is 6.13. The molecule has 6 heteroatoms. The van der Waals surface area contributed by atoms with Crippen molar-refractivity contribution in [1.82, 2.24) is 20.4 Å². The van der Waals surface area contributed by atoms with Crippen molar-refractivity contribution in [2.24, 2.45) is 0 Å². The quantitative estimate of drug-likeness (QED) is 0.813. The second-order valence-corrected chi connectivity index (χ2v) is 8.01. The number of morpholine rings is 1. The number of rotatable bonds is 4. The molecular formula is C23H25ClN4O. The third-order valence-electron chi connectivity index (χ3n) is 5.70. The first-order valence-corrected chi connectivity index (χ1v) is 10.5. The molecular weight excluding hydrogens is 384 g/mol. The Morgan fingerprint density at radius 2 is 1.72 bits per heavy atom. The van der Waals surface area contributed by atoms with Crippen molar-refractivity contribution in [3.8, 4) is 0 Å². The van der Waals surface area contributed by atoms with Crippen molar-refractivity contribution in [2.45, 2.75) is 6.17 Å². The number of halogens is 1. The third-order valence-corrected chi connectivity index (χ3v) is 5.95. The molecule has 1 fully saturated rings. The number of ether oxygens (including phenoxy) is 1. The first-order valence-electron chi connectivity index (χ1n) is 10.1. The Labute approximate surface area is 176 Å². The van der Waals surface area contributed by atoms with Crippen LogP contribution in [0.2, 0.25) is 5.02 Å². The van der Waals surface area contributed by atoms with Crippen molar-refractivity contribution >= 4 is 23.0 Å². The molecule has 0 amide bonds. The van der Waals surface area contributed by atoms with E-state index in [1.54, 1.807) is 0 Å². The number of benzene rings is 2. The van der Waals surface area contributed by atoms with Crippen LogP contribution in [-0.2, 0) is 4.74 Å². The Morgan fingerprint density at radius 1 is 0.966 bits per heavy atom. The highest BCUT2D eigenvalue weighted by atomic mass is 35.5.